The summed E-state index contributed by atoms with van der Waals surface area (Å²) in [6.45, 7) is 7.56. The van der Waals surface area contributed by atoms with Crippen LogP contribution in [0.1, 0.15) is 37.5 Å². The summed E-state index contributed by atoms with van der Waals surface area (Å²) in [6, 6.07) is 17.2. The molecule has 2 aromatic rings. The lowest BCUT2D eigenvalue weighted by Crippen LogP contribution is -2.36. The molecule has 2 rings (SSSR count). The lowest BCUT2D eigenvalue weighted by molar-refractivity contribution is 0.400. The third kappa shape index (κ3) is 3.71. The van der Waals surface area contributed by atoms with Gasteiger partial charge in [-0.15, -0.1) is 0 Å². The molecule has 0 fully saturated rings. The molecule has 0 heterocycles. The maximum atomic E-state index is 3.67. The van der Waals surface area contributed by atoms with E-state index in [4.69, 9.17) is 0 Å². The van der Waals surface area contributed by atoms with Crippen molar-refractivity contribution in [2.75, 3.05) is 0 Å². The van der Waals surface area contributed by atoms with Crippen LogP contribution in [-0.4, -0.2) is 0 Å². The molecule has 0 unspecified atom stereocenters. The van der Waals surface area contributed by atoms with E-state index in [-0.39, 0.29) is 5.54 Å². The molecule has 0 radical (unpaired) electrons. The SMILES string of the molecule is CCc1ccccc1CNC(C)(C)c1ccc(Br)cc1. The maximum absolute atomic E-state index is 3.67. The number of halogens is 1. The van der Waals surface area contributed by atoms with Gasteiger partial charge < -0.3 is 5.32 Å². The molecule has 0 saturated heterocycles. The summed E-state index contributed by atoms with van der Waals surface area (Å²) in [4.78, 5) is 0. The van der Waals surface area contributed by atoms with E-state index in [9.17, 15) is 0 Å². The molecule has 0 aromatic heterocycles. The Morgan fingerprint density at radius 1 is 0.950 bits per heavy atom. The van der Waals surface area contributed by atoms with Gasteiger partial charge in [0, 0.05) is 16.6 Å². The Kier molecular flexibility index (Phi) is 5.00. The fraction of sp³-hybridized carbons (Fsp3) is 0.333. The van der Waals surface area contributed by atoms with Crippen LogP contribution in [0.3, 0.4) is 0 Å². The highest BCUT2D eigenvalue weighted by Gasteiger charge is 2.19. The van der Waals surface area contributed by atoms with Crippen molar-refractivity contribution in [2.24, 2.45) is 0 Å². The summed E-state index contributed by atoms with van der Waals surface area (Å²) in [5.74, 6) is 0. The molecule has 0 amide bonds. The van der Waals surface area contributed by atoms with Crippen LogP contribution < -0.4 is 5.32 Å². The quantitative estimate of drug-likeness (QED) is 0.809. The third-order valence-electron chi connectivity index (χ3n) is 3.79. The first-order valence-electron chi connectivity index (χ1n) is 7.11. The fourth-order valence-electron chi connectivity index (χ4n) is 2.36. The van der Waals surface area contributed by atoms with Crippen molar-refractivity contribution in [1.82, 2.24) is 5.32 Å². The van der Waals surface area contributed by atoms with Crippen LogP contribution in [0.25, 0.3) is 0 Å². The van der Waals surface area contributed by atoms with Crippen LogP contribution in [0.15, 0.2) is 53.0 Å². The molecule has 0 aliphatic heterocycles. The minimum Gasteiger partial charge on any atom is -0.304 e. The summed E-state index contributed by atoms with van der Waals surface area (Å²) in [7, 11) is 0. The van der Waals surface area contributed by atoms with Crippen molar-refractivity contribution in [2.45, 2.75) is 39.3 Å². The van der Waals surface area contributed by atoms with Gasteiger partial charge in [-0.1, -0.05) is 59.3 Å². The second kappa shape index (κ2) is 6.55. The first kappa shape index (κ1) is 15.3. The van der Waals surface area contributed by atoms with E-state index >= 15 is 0 Å². The first-order valence-corrected chi connectivity index (χ1v) is 7.90. The highest BCUT2D eigenvalue weighted by Crippen LogP contribution is 2.23. The molecule has 0 aliphatic rings. The van der Waals surface area contributed by atoms with E-state index < -0.39 is 0 Å². The first-order chi connectivity index (χ1) is 9.53. The Balaban J connectivity index is 2.10. The second-order valence-electron chi connectivity index (χ2n) is 5.61. The molecule has 0 saturated carbocycles. The predicted octanol–water partition coefficient (Wildman–Crippen LogP) is 5.04. The second-order valence-corrected chi connectivity index (χ2v) is 6.52. The average Bonchev–Trinajstić information content (AvgIpc) is 2.46. The molecular formula is C18H22BrN. The van der Waals surface area contributed by atoms with Crippen LogP contribution in [0, 0.1) is 0 Å². The molecule has 106 valence electrons. The summed E-state index contributed by atoms with van der Waals surface area (Å²) in [5.41, 5.74) is 4.07. The lowest BCUT2D eigenvalue weighted by atomic mass is 9.93. The van der Waals surface area contributed by atoms with Gasteiger partial charge >= 0.3 is 0 Å². The summed E-state index contributed by atoms with van der Waals surface area (Å²) in [6.07, 6.45) is 1.08. The van der Waals surface area contributed by atoms with E-state index in [1.807, 2.05) is 0 Å². The smallest absolute Gasteiger partial charge is 0.0380 e. The maximum Gasteiger partial charge on any atom is 0.0380 e. The summed E-state index contributed by atoms with van der Waals surface area (Å²) >= 11 is 3.49. The molecule has 2 aromatic carbocycles. The molecule has 2 heteroatoms. The Labute approximate surface area is 130 Å². The van der Waals surface area contributed by atoms with Crippen molar-refractivity contribution in [3.05, 3.63) is 69.7 Å². The average molecular weight is 332 g/mol. The lowest BCUT2D eigenvalue weighted by Gasteiger charge is -2.28. The third-order valence-corrected chi connectivity index (χ3v) is 4.31. The Bertz CT molecular complexity index is 558. The van der Waals surface area contributed by atoms with Gasteiger partial charge in [0.15, 0.2) is 0 Å². The topological polar surface area (TPSA) is 12.0 Å². The summed E-state index contributed by atoms with van der Waals surface area (Å²) < 4.78 is 1.12. The minimum absolute atomic E-state index is 0.0401. The van der Waals surface area contributed by atoms with Crippen molar-refractivity contribution < 1.29 is 0 Å². The highest BCUT2D eigenvalue weighted by atomic mass is 79.9. The number of nitrogens with one attached hydrogen (secondary N) is 1. The van der Waals surface area contributed by atoms with Crippen molar-refractivity contribution in [1.29, 1.82) is 0 Å². The van der Waals surface area contributed by atoms with E-state index in [1.54, 1.807) is 0 Å². The molecule has 1 nitrogen and oxygen atoms in total. The molecular weight excluding hydrogens is 310 g/mol. The molecule has 0 aliphatic carbocycles. The molecule has 20 heavy (non-hydrogen) atoms. The van der Waals surface area contributed by atoms with Crippen molar-refractivity contribution >= 4 is 15.9 Å². The van der Waals surface area contributed by atoms with Gasteiger partial charge in [0.25, 0.3) is 0 Å². The van der Waals surface area contributed by atoms with Gasteiger partial charge in [-0.3, -0.25) is 0 Å². The zero-order valence-electron chi connectivity index (χ0n) is 12.4. The molecule has 0 spiro atoms. The van der Waals surface area contributed by atoms with Gasteiger partial charge in [0.05, 0.1) is 0 Å². The van der Waals surface area contributed by atoms with Gasteiger partial charge in [-0.05, 0) is 49.1 Å². The van der Waals surface area contributed by atoms with Gasteiger partial charge in [-0.2, -0.15) is 0 Å². The van der Waals surface area contributed by atoms with E-state index in [2.05, 4.69) is 90.5 Å². The largest absolute Gasteiger partial charge is 0.304 e. The van der Waals surface area contributed by atoms with Gasteiger partial charge in [0.2, 0.25) is 0 Å². The molecule has 1 N–H and O–H groups in total. The zero-order valence-corrected chi connectivity index (χ0v) is 14.0. The van der Waals surface area contributed by atoms with Gasteiger partial charge in [0.1, 0.15) is 0 Å². The monoisotopic (exact) mass is 331 g/mol. The minimum atomic E-state index is -0.0401. The molecule has 0 atom stereocenters. The zero-order chi connectivity index (χ0) is 14.6. The predicted molar refractivity (Wildman–Crippen MR) is 89.8 cm³/mol. The van der Waals surface area contributed by atoms with E-state index in [1.165, 1.54) is 16.7 Å². The van der Waals surface area contributed by atoms with Crippen molar-refractivity contribution in [3.63, 3.8) is 0 Å². The number of rotatable bonds is 5. The van der Waals surface area contributed by atoms with Crippen molar-refractivity contribution in [3.8, 4) is 0 Å². The van der Waals surface area contributed by atoms with Crippen LogP contribution in [0.2, 0.25) is 0 Å². The van der Waals surface area contributed by atoms with Crippen LogP contribution in [0.4, 0.5) is 0 Å². The van der Waals surface area contributed by atoms with Crippen LogP contribution in [-0.2, 0) is 18.5 Å². The number of hydrogen-bond donors (Lipinski definition) is 1. The Morgan fingerprint density at radius 3 is 2.15 bits per heavy atom. The Morgan fingerprint density at radius 2 is 1.55 bits per heavy atom. The number of benzene rings is 2. The van der Waals surface area contributed by atoms with Crippen LogP contribution >= 0.6 is 15.9 Å². The fourth-order valence-corrected chi connectivity index (χ4v) is 2.62. The number of aryl methyl sites for hydroxylation is 1. The van der Waals surface area contributed by atoms with Gasteiger partial charge in [-0.25, -0.2) is 0 Å². The number of hydrogen-bond acceptors (Lipinski definition) is 1. The van der Waals surface area contributed by atoms with E-state index in [0.29, 0.717) is 0 Å². The highest BCUT2D eigenvalue weighted by molar-refractivity contribution is 9.10. The molecule has 0 bridgehead atoms. The Hall–Kier alpha value is -1.12. The summed E-state index contributed by atoms with van der Waals surface area (Å²) in [5, 5.41) is 3.67. The standard InChI is InChI=1S/C18H22BrN/c1-4-14-7-5-6-8-15(14)13-20-18(2,3)16-9-11-17(19)12-10-16/h5-12,20H,4,13H2,1-3H3. The van der Waals surface area contributed by atoms with E-state index in [0.717, 1.165) is 17.4 Å². The normalized spacial score (nSPS) is 11.6. The van der Waals surface area contributed by atoms with Crippen LogP contribution in [0.5, 0.6) is 0 Å².